The second-order valence-electron chi connectivity index (χ2n) is 10.9. The van der Waals surface area contributed by atoms with Crippen LogP contribution in [0.1, 0.15) is 57.6 Å². The molecule has 4 aromatic rings. The summed E-state index contributed by atoms with van der Waals surface area (Å²) in [6.07, 6.45) is 2.65. The summed E-state index contributed by atoms with van der Waals surface area (Å²) in [6.45, 7) is 9.31. The summed E-state index contributed by atoms with van der Waals surface area (Å²) < 4.78 is 70.2. The third kappa shape index (κ3) is 9.42. The number of nitrogens with two attached hydrogens (primary N) is 4. The lowest BCUT2D eigenvalue weighted by atomic mass is 10.0. The van der Waals surface area contributed by atoms with Crippen molar-refractivity contribution in [2.75, 3.05) is 42.9 Å². The van der Waals surface area contributed by atoms with Crippen molar-refractivity contribution in [1.29, 1.82) is 0 Å². The number of sulfone groups is 1. The Bertz CT molecular complexity index is 2050. The summed E-state index contributed by atoms with van der Waals surface area (Å²) >= 11 is 0. The second kappa shape index (κ2) is 15.6. The number of hydrogen-bond donors (Lipinski definition) is 4. The molecule has 0 aliphatic rings. The fourth-order valence-corrected chi connectivity index (χ4v) is 6.33. The molecular formula is C30H39ClN8O8S2. The molecule has 0 aliphatic carbocycles. The minimum Gasteiger partial charge on any atom is -0.495 e. The first-order valence-electron chi connectivity index (χ1n) is 14.6. The van der Waals surface area contributed by atoms with E-state index < -0.39 is 18.9 Å². The van der Waals surface area contributed by atoms with Crippen molar-refractivity contribution in [3.63, 3.8) is 0 Å². The summed E-state index contributed by atoms with van der Waals surface area (Å²) in [5, 5.41) is 0. The lowest BCUT2D eigenvalue weighted by molar-refractivity contribution is 0.398. The van der Waals surface area contributed by atoms with Crippen molar-refractivity contribution in [1.82, 2.24) is 19.9 Å². The van der Waals surface area contributed by atoms with Gasteiger partial charge in [-0.15, -0.1) is 0 Å². The van der Waals surface area contributed by atoms with E-state index in [0.717, 1.165) is 5.56 Å². The highest BCUT2D eigenvalue weighted by Crippen LogP contribution is 2.41. The van der Waals surface area contributed by atoms with Gasteiger partial charge in [-0.05, 0) is 24.0 Å². The maximum Gasteiger partial charge on any atom is 0.265 e. The molecule has 0 amide bonds. The largest absolute Gasteiger partial charge is 0.495 e. The standard InChI is InChI=1S/C16H22N4O4S.C14H17ClN4O4S/c1-5-25(21,22)14-7-11(10(9(2)3)6-12(14)23-4)24-13-8-19-16(18)20-15(13)17;1-7(2)8-4-10(22-3)12(24(15,20)21)5-9(8)23-11-6-18-14(17)19-13(11)16/h6-9H,5H2,1-4H3,(H4,17,18,19,20);4-7H,1-3H3,(H4,16,17,18,19). The zero-order valence-corrected chi connectivity index (χ0v) is 30.3. The monoisotopic (exact) mass is 738 g/mol. The Morgan fingerprint density at radius 3 is 1.37 bits per heavy atom. The summed E-state index contributed by atoms with van der Waals surface area (Å²) in [5.74, 6) is 1.49. The third-order valence-corrected chi connectivity index (χ3v) is 9.95. The minimum atomic E-state index is -4.03. The van der Waals surface area contributed by atoms with Gasteiger partial charge in [-0.3, -0.25) is 0 Å². The van der Waals surface area contributed by atoms with Crippen molar-refractivity contribution in [3.8, 4) is 34.5 Å². The first-order valence-corrected chi connectivity index (χ1v) is 18.5. The van der Waals surface area contributed by atoms with Gasteiger partial charge in [0, 0.05) is 33.9 Å². The number of rotatable bonds is 11. The summed E-state index contributed by atoms with van der Waals surface area (Å²) in [4.78, 5) is 15.2. The van der Waals surface area contributed by atoms with E-state index in [4.69, 9.17) is 52.6 Å². The number of nitrogen functional groups attached to an aromatic ring is 4. The van der Waals surface area contributed by atoms with Crippen LogP contribution in [0.5, 0.6) is 34.5 Å². The molecule has 4 rings (SSSR count). The highest BCUT2D eigenvalue weighted by Gasteiger charge is 2.24. The third-order valence-electron chi connectivity index (χ3n) is 6.86. The lowest BCUT2D eigenvalue weighted by Crippen LogP contribution is -2.08. The number of benzene rings is 2. The Kier molecular flexibility index (Phi) is 12.3. The van der Waals surface area contributed by atoms with Crippen LogP contribution in [0.4, 0.5) is 23.5 Å². The maximum absolute atomic E-state index is 12.4. The van der Waals surface area contributed by atoms with E-state index in [2.05, 4.69) is 19.9 Å². The molecule has 19 heteroatoms. The summed E-state index contributed by atoms with van der Waals surface area (Å²) in [5.41, 5.74) is 24.0. The first-order chi connectivity index (χ1) is 22.8. The van der Waals surface area contributed by atoms with Gasteiger partial charge in [0.25, 0.3) is 9.05 Å². The number of methoxy groups -OCH3 is 2. The smallest absolute Gasteiger partial charge is 0.265 e. The molecule has 0 radical (unpaired) electrons. The Hall–Kier alpha value is -4.81. The van der Waals surface area contributed by atoms with E-state index >= 15 is 0 Å². The Morgan fingerprint density at radius 2 is 1.04 bits per heavy atom. The molecule has 266 valence electrons. The van der Waals surface area contributed by atoms with Gasteiger partial charge < -0.3 is 41.9 Å². The molecule has 0 saturated carbocycles. The molecule has 0 atom stereocenters. The predicted molar refractivity (Wildman–Crippen MR) is 187 cm³/mol. The summed E-state index contributed by atoms with van der Waals surface area (Å²) in [6, 6.07) is 5.95. The quantitative estimate of drug-likeness (QED) is 0.150. The van der Waals surface area contributed by atoms with Crippen LogP contribution in [0.2, 0.25) is 0 Å². The topological polar surface area (TPSA) is 261 Å². The van der Waals surface area contributed by atoms with Crippen molar-refractivity contribution in [2.24, 2.45) is 0 Å². The molecule has 2 aromatic carbocycles. The van der Waals surface area contributed by atoms with Gasteiger partial charge in [0.1, 0.15) is 32.8 Å². The highest BCUT2D eigenvalue weighted by molar-refractivity contribution is 8.13. The van der Waals surface area contributed by atoms with Crippen molar-refractivity contribution < 1.29 is 35.8 Å². The molecular weight excluding hydrogens is 700 g/mol. The van der Waals surface area contributed by atoms with Gasteiger partial charge in [0.15, 0.2) is 33.0 Å². The second-order valence-corrected chi connectivity index (χ2v) is 15.7. The first kappa shape index (κ1) is 38.6. The molecule has 0 saturated heterocycles. The Morgan fingerprint density at radius 1 is 0.653 bits per heavy atom. The molecule has 2 aromatic heterocycles. The van der Waals surface area contributed by atoms with E-state index in [-0.39, 0.29) is 79.7 Å². The fraction of sp³-hybridized carbons (Fsp3) is 0.333. The SMILES string of the molecule is CCS(=O)(=O)c1cc(Oc2cnc(N)nc2N)c(C(C)C)cc1OC.COc1cc(C(C)C)c(Oc2cnc(N)nc2N)cc1S(=O)(=O)Cl. The van der Waals surface area contributed by atoms with Crippen LogP contribution in [0.3, 0.4) is 0 Å². The van der Waals surface area contributed by atoms with E-state index in [1.54, 1.807) is 19.1 Å². The lowest BCUT2D eigenvalue weighted by Gasteiger charge is -2.18. The van der Waals surface area contributed by atoms with Gasteiger partial charge in [-0.25, -0.2) is 26.8 Å². The zero-order valence-electron chi connectivity index (χ0n) is 27.9. The van der Waals surface area contributed by atoms with E-state index in [9.17, 15) is 16.8 Å². The zero-order chi connectivity index (χ0) is 36.8. The van der Waals surface area contributed by atoms with Crippen molar-refractivity contribution in [2.45, 2.75) is 56.2 Å². The average molecular weight is 739 g/mol. The number of anilines is 4. The van der Waals surface area contributed by atoms with Crippen molar-refractivity contribution in [3.05, 3.63) is 47.8 Å². The molecule has 0 unspecified atom stereocenters. The van der Waals surface area contributed by atoms with Crippen LogP contribution in [-0.2, 0) is 18.9 Å². The van der Waals surface area contributed by atoms with Gasteiger partial charge in [-0.1, -0.05) is 34.6 Å². The van der Waals surface area contributed by atoms with Crippen LogP contribution in [0, 0.1) is 0 Å². The molecule has 16 nitrogen and oxygen atoms in total. The molecule has 2 heterocycles. The molecule has 0 aliphatic heterocycles. The van der Waals surface area contributed by atoms with Gasteiger partial charge in [-0.2, -0.15) is 9.97 Å². The summed E-state index contributed by atoms with van der Waals surface area (Å²) in [7, 11) is 0.724. The van der Waals surface area contributed by atoms with Crippen LogP contribution in [-0.4, -0.2) is 56.7 Å². The number of aromatic nitrogens is 4. The van der Waals surface area contributed by atoms with Crippen LogP contribution in [0.15, 0.2) is 46.5 Å². The Balaban J connectivity index is 0.000000266. The highest BCUT2D eigenvalue weighted by atomic mass is 35.7. The van der Waals surface area contributed by atoms with Gasteiger partial charge in [0.05, 0.1) is 32.4 Å². The van der Waals surface area contributed by atoms with Crippen LogP contribution >= 0.6 is 10.7 Å². The molecule has 49 heavy (non-hydrogen) atoms. The molecule has 0 fully saturated rings. The van der Waals surface area contributed by atoms with Crippen molar-refractivity contribution >= 4 is 53.1 Å². The van der Waals surface area contributed by atoms with Gasteiger partial charge in [0.2, 0.25) is 11.9 Å². The maximum atomic E-state index is 12.4. The molecule has 0 spiro atoms. The predicted octanol–water partition coefficient (Wildman–Crippen LogP) is 4.85. The van der Waals surface area contributed by atoms with E-state index in [1.807, 2.05) is 27.7 Å². The average Bonchev–Trinajstić information content (AvgIpc) is 3.02. The van der Waals surface area contributed by atoms with E-state index in [0.29, 0.717) is 11.3 Å². The number of nitrogens with zero attached hydrogens (tertiary/aromatic N) is 4. The normalized spacial score (nSPS) is 11.6. The van der Waals surface area contributed by atoms with Crippen LogP contribution in [0.25, 0.3) is 0 Å². The molecule has 8 N–H and O–H groups in total. The Labute approximate surface area is 289 Å². The van der Waals surface area contributed by atoms with Gasteiger partial charge >= 0.3 is 0 Å². The number of halogens is 1. The van der Waals surface area contributed by atoms with Crippen LogP contribution < -0.4 is 41.9 Å². The minimum absolute atomic E-state index is 0.00249. The number of ether oxygens (including phenoxy) is 4. The fourth-order valence-electron chi connectivity index (χ4n) is 4.29. The number of hydrogen-bond acceptors (Lipinski definition) is 16. The molecule has 0 bridgehead atoms. The van der Waals surface area contributed by atoms with E-state index in [1.165, 1.54) is 38.7 Å².